The van der Waals surface area contributed by atoms with Gasteiger partial charge in [0.15, 0.2) is 11.6 Å². The monoisotopic (exact) mass is 274 g/mol. The molecule has 0 atom stereocenters. The van der Waals surface area contributed by atoms with Crippen molar-refractivity contribution >= 4 is 11.0 Å². The molecule has 0 aliphatic heterocycles. The van der Waals surface area contributed by atoms with E-state index in [-0.39, 0.29) is 18.7 Å². The number of aliphatic hydroxyl groups excluding tert-OH is 1. The van der Waals surface area contributed by atoms with E-state index < -0.39 is 11.6 Å². The molecular formula is C15H12F2N2O. The van der Waals surface area contributed by atoms with Crippen LogP contribution >= 0.6 is 0 Å². The molecule has 2 heterocycles. The van der Waals surface area contributed by atoms with E-state index in [0.717, 1.165) is 11.5 Å². The molecule has 102 valence electrons. The zero-order chi connectivity index (χ0) is 14.1. The summed E-state index contributed by atoms with van der Waals surface area (Å²) in [6, 6.07) is 7.70. The van der Waals surface area contributed by atoms with Crippen LogP contribution in [0.4, 0.5) is 8.78 Å². The Morgan fingerprint density at radius 3 is 2.75 bits per heavy atom. The van der Waals surface area contributed by atoms with Crippen molar-refractivity contribution in [2.75, 3.05) is 0 Å². The smallest absolute Gasteiger partial charge is 0.163 e. The first-order valence-electron chi connectivity index (χ1n) is 6.17. The molecular weight excluding hydrogens is 262 g/mol. The summed E-state index contributed by atoms with van der Waals surface area (Å²) in [5, 5.41) is 10.2. The van der Waals surface area contributed by atoms with E-state index >= 15 is 0 Å². The summed E-state index contributed by atoms with van der Waals surface area (Å²) >= 11 is 0. The van der Waals surface area contributed by atoms with Gasteiger partial charge >= 0.3 is 0 Å². The van der Waals surface area contributed by atoms with E-state index in [0.29, 0.717) is 11.2 Å². The van der Waals surface area contributed by atoms with Crippen molar-refractivity contribution in [1.29, 1.82) is 0 Å². The summed E-state index contributed by atoms with van der Waals surface area (Å²) in [5.74, 6) is -1.72. The molecule has 1 aromatic carbocycles. The van der Waals surface area contributed by atoms with Crippen molar-refractivity contribution in [2.45, 2.75) is 13.2 Å². The van der Waals surface area contributed by atoms with Crippen molar-refractivity contribution in [1.82, 2.24) is 9.55 Å². The Balaban J connectivity index is 2.09. The summed E-state index contributed by atoms with van der Waals surface area (Å²) in [7, 11) is 0. The number of halogens is 2. The van der Waals surface area contributed by atoms with Gasteiger partial charge in [-0.25, -0.2) is 13.8 Å². The van der Waals surface area contributed by atoms with Gasteiger partial charge in [-0.05, 0) is 18.2 Å². The number of nitrogens with zero attached hydrogens (tertiary/aromatic N) is 2. The van der Waals surface area contributed by atoms with E-state index in [9.17, 15) is 13.9 Å². The van der Waals surface area contributed by atoms with Crippen molar-refractivity contribution in [3.8, 4) is 0 Å². The van der Waals surface area contributed by atoms with Crippen molar-refractivity contribution < 1.29 is 13.9 Å². The SMILES string of the molecule is OCc1cn(Cc2cccc(F)c2F)c2ncccc12. The highest BCUT2D eigenvalue weighted by molar-refractivity contribution is 5.80. The van der Waals surface area contributed by atoms with Crippen LogP contribution in [0.3, 0.4) is 0 Å². The van der Waals surface area contributed by atoms with Crippen LogP contribution in [0, 0.1) is 11.6 Å². The van der Waals surface area contributed by atoms with Gasteiger partial charge in [-0.1, -0.05) is 12.1 Å². The van der Waals surface area contributed by atoms with Gasteiger partial charge in [0.1, 0.15) is 5.65 Å². The van der Waals surface area contributed by atoms with Crippen molar-refractivity contribution in [3.63, 3.8) is 0 Å². The third-order valence-corrected chi connectivity index (χ3v) is 3.26. The van der Waals surface area contributed by atoms with E-state index in [4.69, 9.17) is 0 Å². The number of hydrogen-bond donors (Lipinski definition) is 1. The molecule has 0 amide bonds. The van der Waals surface area contributed by atoms with Gasteiger partial charge in [-0.15, -0.1) is 0 Å². The number of hydrogen-bond acceptors (Lipinski definition) is 2. The number of benzene rings is 1. The van der Waals surface area contributed by atoms with E-state index in [2.05, 4.69) is 4.98 Å². The number of fused-ring (bicyclic) bond motifs is 1. The zero-order valence-corrected chi connectivity index (χ0v) is 10.6. The molecule has 0 saturated carbocycles. The Hall–Kier alpha value is -2.27. The summed E-state index contributed by atoms with van der Waals surface area (Å²) in [5.41, 5.74) is 1.60. The second kappa shape index (κ2) is 5.02. The quantitative estimate of drug-likeness (QED) is 0.797. The molecule has 5 heteroatoms. The van der Waals surface area contributed by atoms with Crippen LogP contribution < -0.4 is 0 Å². The molecule has 0 bridgehead atoms. The highest BCUT2D eigenvalue weighted by Crippen LogP contribution is 2.21. The lowest BCUT2D eigenvalue weighted by atomic mass is 10.2. The molecule has 2 aromatic heterocycles. The van der Waals surface area contributed by atoms with Crippen molar-refractivity contribution in [3.05, 3.63) is 65.5 Å². The molecule has 0 saturated heterocycles. The molecule has 3 nitrogen and oxygen atoms in total. The van der Waals surface area contributed by atoms with Gasteiger partial charge in [0.05, 0.1) is 13.2 Å². The molecule has 0 aliphatic rings. The second-order valence-corrected chi connectivity index (χ2v) is 4.53. The standard InChI is InChI=1S/C15H12F2N2O/c16-13-5-1-3-10(14(13)17)7-19-8-11(9-20)12-4-2-6-18-15(12)19/h1-6,8,20H,7,9H2. The summed E-state index contributed by atoms with van der Waals surface area (Å²) in [6.07, 6.45) is 3.34. The fraction of sp³-hybridized carbons (Fsp3) is 0.133. The fourth-order valence-corrected chi connectivity index (χ4v) is 2.30. The van der Waals surface area contributed by atoms with Crippen LogP contribution in [0.15, 0.2) is 42.7 Å². The van der Waals surface area contributed by atoms with Crippen LogP contribution in [0.25, 0.3) is 11.0 Å². The van der Waals surface area contributed by atoms with Gasteiger partial charge in [0, 0.05) is 28.9 Å². The summed E-state index contributed by atoms with van der Waals surface area (Å²) in [6.45, 7) is 0.0396. The maximum atomic E-state index is 13.7. The van der Waals surface area contributed by atoms with Gasteiger partial charge < -0.3 is 9.67 Å². The second-order valence-electron chi connectivity index (χ2n) is 4.53. The van der Waals surface area contributed by atoms with Crippen LogP contribution in [0.1, 0.15) is 11.1 Å². The van der Waals surface area contributed by atoms with Gasteiger partial charge in [0.25, 0.3) is 0 Å². The first-order chi connectivity index (χ1) is 9.70. The molecule has 0 aliphatic carbocycles. The lowest BCUT2D eigenvalue weighted by Gasteiger charge is -2.06. The molecule has 0 fully saturated rings. The predicted octanol–water partition coefficient (Wildman–Crippen LogP) is 2.86. The van der Waals surface area contributed by atoms with Gasteiger partial charge in [0.2, 0.25) is 0 Å². The Bertz CT molecular complexity index is 768. The first kappa shape index (κ1) is 12.7. The maximum Gasteiger partial charge on any atom is 0.163 e. The van der Waals surface area contributed by atoms with Gasteiger partial charge in [-0.2, -0.15) is 0 Å². The van der Waals surface area contributed by atoms with E-state index in [1.54, 1.807) is 23.0 Å². The van der Waals surface area contributed by atoms with Gasteiger partial charge in [-0.3, -0.25) is 0 Å². The largest absolute Gasteiger partial charge is 0.392 e. The summed E-state index contributed by atoms with van der Waals surface area (Å²) < 4.78 is 28.7. The average molecular weight is 274 g/mol. The van der Waals surface area contributed by atoms with Crippen LogP contribution in [0.2, 0.25) is 0 Å². The zero-order valence-electron chi connectivity index (χ0n) is 10.6. The minimum Gasteiger partial charge on any atom is -0.392 e. The normalized spacial score (nSPS) is 11.2. The lowest BCUT2D eigenvalue weighted by molar-refractivity contribution is 0.283. The topological polar surface area (TPSA) is 38.0 Å². The number of rotatable bonds is 3. The first-order valence-corrected chi connectivity index (χ1v) is 6.17. The van der Waals surface area contributed by atoms with E-state index in [1.165, 1.54) is 12.1 Å². The Morgan fingerprint density at radius 1 is 1.10 bits per heavy atom. The molecule has 3 aromatic rings. The Kier molecular flexibility index (Phi) is 3.20. The number of aliphatic hydroxyl groups is 1. The highest BCUT2D eigenvalue weighted by Gasteiger charge is 2.12. The minimum atomic E-state index is -0.866. The third kappa shape index (κ3) is 2.06. The number of pyridine rings is 1. The molecule has 1 N–H and O–H groups in total. The lowest BCUT2D eigenvalue weighted by Crippen LogP contribution is -2.03. The predicted molar refractivity (Wildman–Crippen MR) is 71.1 cm³/mol. The summed E-state index contributed by atoms with van der Waals surface area (Å²) in [4.78, 5) is 4.23. The third-order valence-electron chi connectivity index (χ3n) is 3.26. The van der Waals surface area contributed by atoms with Crippen LogP contribution in [0.5, 0.6) is 0 Å². The Labute approximate surface area is 114 Å². The molecule has 0 spiro atoms. The van der Waals surface area contributed by atoms with Crippen LogP contribution in [-0.4, -0.2) is 14.7 Å². The molecule has 0 radical (unpaired) electrons. The average Bonchev–Trinajstić information content (AvgIpc) is 2.82. The van der Waals surface area contributed by atoms with E-state index in [1.807, 2.05) is 6.07 Å². The maximum absolute atomic E-state index is 13.7. The minimum absolute atomic E-state index is 0.124. The van der Waals surface area contributed by atoms with Crippen molar-refractivity contribution in [2.24, 2.45) is 0 Å². The molecule has 20 heavy (non-hydrogen) atoms. The fourth-order valence-electron chi connectivity index (χ4n) is 2.30. The molecule has 0 unspecified atom stereocenters. The number of aromatic nitrogens is 2. The van der Waals surface area contributed by atoms with Crippen LogP contribution in [-0.2, 0) is 13.2 Å². The molecule has 3 rings (SSSR count). The Morgan fingerprint density at radius 2 is 1.95 bits per heavy atom. The highest BCUT2D eigenvalue weighted by atomic mass is 19.2.